The molecule has 1 heterocycles. The van der Waals surface area contributed by atoms with Gasteiger partial charge in [0.05, 0.1) is 0 Å². The van der Waals surface area contributed by atoms with Gasteiger partial charge >= 0.3 is 0 Å². The van der Waals surface area contributed by atoms with E-state index < -0.39 is 0 Å². The normalized spacial score (nSPS) is 4.63. The third kappa shape index (κ3) is 49.7. The van der Waals surface area contributed by atoms with Crippen LogP contribution in [0.4, 0.5) is 0 Å². The molecule has 7 nitrogen and oxygen atoms in total. The van der Waals surface area contributed by atoms with Crippen LogP contribution in [0, 0.1) is 0 Å². The monoisotopic (exact) mass is 299 g/mol. The van der Waals surface area contributed by atoms with Crippen LogP contribution in [0.1, 0.15) is 10.4 Å². The van der Waals surface area contributed by atoms with Gasteiger partial charge in [0.1, 0.15) is 6.29 Å². The molecule has 0 atom stereocenters. The molecule has 1 aromatic rings. The number of rotatable bonds is 1. The molecule has 19 heavy (non-hydrogen) atoms. The molecule has 1 aromatic heterocycles. The van der Waals surface area contributed by atoms with Gasteiger partial charge in [-0.05, 0) is 12.1 Å². The Kier molecular flexibility index (Phi) is 143. The first-order chi connectivity index (χ1) is 8.93. The standard InChI is InChI=1S/C6H5NO.5CO.Cr/c8-5-6-1-3-7-4-2-6;5*1-2;/h1-5H;;;;;;. The van der Waals surface area contributed by atoms with Crippen molar-refractivity contribution in [3.05, 3.63) is 30.1 Å². The van der Waals surface area contributed by atoms with Crippen molar-refractivity contribution in [2.24, 2.45) is 0 Å². The Balaban J connectivity index is -0.0000000332. The minimum atomic E-state index is 0. The van der Waals surface area contributed by atoms with Gasteiger partial charge in [0.15, 0.2) is 0 Å². The van der Waals surface area contributed by atoms with Crippen molar-refractivity contribution in [3.63, 3.8) is 0 Å². The number of aromatic nitrogens is 1. The number of aldehydes is 1. The van der Waals surface area contributed by atoms with Gasteiger partial charge in [0.2, 0.25) is 0 Å². The van der Waals surface area contributed by atoms with E-state index in [0.717, 1.165) is 6.29 Å². The van der Waals surface area contributed by atoms with Gasteiger partial charge in [-0.1, -0.05) is 0 Å². The maximum absolute atomic E-state index is 9.98. The molecule has 0 bridgehead atoms. The molecule has 0 spiro atoms. The zero-order chi connectivity index (χ0) is 15.8. The fraction of sp³-hybridized carbons (Fsp3) is 0. The number of carbonyl (C=O) groups excluding carboxylic acids is 6. The van der Waals surface area contributed by atoms with Crippen LogP contribution in [-0.4, -0.2) is 45.2 Å². The van der Waals surface area contributed by atoms with Crippen LogP contribution in [-0.2, 0) is 41.3 Å². The molecule has 0 fully saturated rings. The SMILES string of the molecule is O=Cc1ccncc1.[C]=O.[C]=O.[C]=O.[C]=O.[C]=O.[Cr]. The molecule has 0 unspecified atom stereocenters. The zero-order valence-corrected chi connectivity index (χ0v) is 10.5. The van der Waals surface area contributed by atoms with Gasteiger partial charge in [-0.2, -0.15) is 0 Å². The first kappa shape index (κ1) is 36.0. The zero-order valence-electron chi connectivity index (χ0n) is 9.19. The van der Waals surface area contributed by atoms with Gasteiger partial charge < -0.3 is 0 Å². The van der Waals surface area contributed by atoms with E-state index in [1.807, 2.05) is 0 Å². The maximum atomic E-state index is 9.98. The summed E-state index contributed by atoms with van der Waals surface area (Å²) < 4.78 is 0. The van der Waals surface area contributed by atoms with Crippen LogP contribution < -0.4 is 0 Å². The number of nitrogens with zero attached hydrogens (tertiary/aromatic N) is 1. The smallest absolute Gasteiger partial charge is 0.281 e. The Morgan fingerprint density at radius 3 is 1.16 bits per heavy atom. The Morgan fingerprint density at radius 1 is 0.737 bits per heavy atom. The first-order valence-corrected chi connectivity index (χ1v) is 3.31. The second-order valence-corrected chi connectivity index (χ2v) is 1.40. The fourth-order valence-corrected chi connectivity index (χ4v) is 0.442. The Bertz CT molecular complexity index is 239. The molecule has 0 aliphatic heterocycles. The van der Waals surface area contributed by atoms with Crippen molar-refractivity contribution in [1.29, 1.82) is 0 Å². The summed E-state index contributed by atoms with van der Waals surface area (Å²) >= 11 is 0. The molecule has 0 saturated carbocycles. The van der Waals surface area contributed by atoms with Crippen LogP contribution in [0.2, 0.25) is 0 Å². The Morgan fingerprint density at radius 2 is 1.00 bits per heavy atom. The van der Waals surface area contributed by atoms with E-state index in [9.17, 15) is 4.79 Å². The molecule has 0 aromatic carbocycles. The summed E-state index contributed by atoms with van der Waals surface area (Å²) in [5.41, 5.74) is 0.667. The average molecular weight is 299 g/mol. The summed E-state index contributed by atoms with van der Waals surface area (Å²) in [4.78, 5) is 51.2. The van der Waals surface area contributed by atoms with Crippen molar-refractivity contribution in [3.8, 4) is 0 Å². The molecular weight excluding hydrogens is 294 g/mol. The van der Waals surface area contributed by atoms with Crippen molar-refractivity contribution < 1.29 is 46.1 Å². The molecule has 0 aliphatic rings. The van der Waals surface area contributed by atoms with Crippen molar-refractivity contribution in [2.45, 2.75) is 0 Å². The predicted molar refractivity (Wildman–Crippen MR) is 58.1 cm³/mol. The van der Waals surface area contributed by atoms with Gasteiger partial charge in [-0.3, -0.25) is 33.8 Å². The first-order valence-electron chi connectivity index (χ1n) is 3.31. The van der Waals surface area contributed by atoms with Crippen LogP contribution in [0.25, 0.3) is 0 Å². The molecular formula is C11H5CrNO6. The summed E-state index contributed by atoms with van der Waals surface area (Å²) in [7, 11) is 0. The molecule has 96 valence electrons. The minimum absolute atomic E-state index is 0. The maximum Gasteiger partial charge on any atom is 0.281 e. The Labute approximate surface area is 122 Å². The summed E-state index contributed by atoms with van der Waals surface area (Å²) in [6, 6.07) is 3.32. The van der Waals surface area contributed by atoms with E-state index in [2.05, 4.69) is 38.9 Å². The van der Waals surface area contributed by atoms with Gasteiger partial charge in [0.25, 0.3) is 33.9 Å². The minimum Gasteiger partial charge on any atom is -0.298 e. The van der Waals surface area contributed by atoms with Crippen LogP contribution in [0.5, 0.6) is 0 Å². The van der Waals surface area contributed by atoms with Crippen LogP contribution in [0.3, 0.4) is 0 Å². The third-order valence-electron chi connectivity index (χ3n) is 0.842. The van der Waals surface area contributed by atoms with Crippen molar-refractivity contribution in [1.82, 2.24) is 4.98 Å². The molecule has 10 radical (unpaired) electrons. The fourth-order valence-electron chi connectivity index (χ4n) is 0.442. The molecule has 0 aliphatic carbocycles. The Hall–Kier alpha value is -2.30. The van der Waals surface area contributed by atoms with E-state index >= 15 is 0 Å². The quantitative estimate of drug-likeness (QED) is 0.605. The van der Waals surface area contributed by atoms with E-state index in [1.165, 1.54) is 0 Å². The summed E-state index contributed by atoms with van der Waals surface area (Å²) in [6.07, 6.45) is 3.97. The van der Waals surface area contributed by atoms with Gasteiger partial charge in [0, 0.05) is 35.3 Å². The number of hydrogen-bond acceptors (Lipinski definition) is 7. The molecule has 0 amide bonds. The van der Waals surface area contributed by atoms with Crippen molar-refractivity contribution in [2.75, 3.05) is 0 Å². The molecule has 0 N–H and O–H groups in total. The molecule has 8 heteroatoms. The molecule has 1 rings (SSSR count). The number of carbonyl (C=O) groups is 1. The third-order valence-corrected chi connectivity index (χ3v) is 0.842. The van der Waals surface area contributed by atoms with E-state index in [0.29, 0.717) is 5.56 Å². The van der Waals surface area contributed by atoms with E-state index in [1.54, 1.807) is 24.5 Å². The molecule has 0 saturated heterocycles. The van der Waals surface area contributed by atoms with Gasteiger partial charge in [-0.15, -0.1) is 0 Å². The number of pyridine rings is 1. The largest absolute Gasteiger partial charge is 0.298 e. The van der Waals surface area contributed by atoms with Gasteiger partial charge in [-0.25, -0.2) is 0 Å². The van der Waals surface area contributed by atoms with Crippen molar-refractivity contribution >= 4 is 40.2 Å². The second-order valence-electron chi connectivity index (χ2n) is 1.40. The van der Waals surface area contributed by atoms with Crippen LogP contribution in [0.15, 0.2) is 24.5 Å². The number of hydrogen-bond donors (Lipinski definition) is 0. The van der Waals surface area contributed by atoms with E-state index in [4.69, 9.17) is 24.0 Å². The summed E-state index contributed by atoms with van der Waals surface area (Å²) in [6.45, 7) is 22.5. The average Bonchev–Trinajstić information content (AvgIpc) is 2.57. The summed E-state index contributed by atoms with van der Waals surface area (Å²) in [5.74, 6) is 0. The van der Waals surface area contributed by atoms with E-state index in [-0.39, 0.29) is 17.4 Å². The van der Waals surface area contributed by atoms with Crippen LogP contribution >= 0.6 is 0 Å². The second kappa shape index (κ2) is 75.6. The topological polar surface area (TPSA) is 115 Å². The summed E-state index contributed by atoms with van der Waals surface area (Å²) in [5, 5.41) is 0. The predicted octanol–water partition coefficient (Wildman–Crippen LogP) is -1.09.